The maximum absolute atomic E-state index is 12.2. The molecule has 4 aromatic carbocycles. The summed E-state index contributed by atoms with van der Waals surface area (Å²) in [7, 11) is 14.8. The van der Waals surface area contributed by atoms with E-state index in [1.165, 1.54) is 18.2 Å². The molecule has 0 aliphatic carbocycles. The number of nitro groups is 4. The van der Waals surface area contributed by atoms with Crippen LogP contribution in [0.2, 0.25) is 0 Å². The Morgan fingerprint density at radius 3 is 1.18 bits per heavy atom. The number of phenolic OH excluding ortho intramolecular Hbond substituents is 4. The lowest BCUT2D eigenvalue weighted by atomic mass is 10.0. The molecule has 0 atom stereocenters. The summed E-state index contributed by atoms with van der Waals surface area (Å²) >= 11 is 3.35. The number of carbonyl (C=O) groups excluding carboxylic acids is 2. The molecular weight excluding hydrogens is 888 g/mol. The lowest BCUT2D eigenvalue weighted by molar-refractivity contribution is -0.394. The number of benzene rings is 4. The Morgan fingerprint density at radius 1 is 0.560 bits per heavy atom. The van der Waals surface area contributed by atoms with Gasteiger partial charge in [0.2, 0.25) is 0 Å². The number of nitro benzene ring substituents is 4. The predicted molar refractivity (Wildman–Crippen MR) is 191 cm³/mol. The van der Waals surface area contributed by atoms with E-state index in [-0.39, 0.29) is 57.9 Å². The molecule has 0 fully saturated rings. The van der Waals surface area contributed by atoms with E-state index in [1.54, 1.807) is 6.07 Å². The molecule has 4 rings (SSSR count). The summed E-state index contributed by atoms with van der Waals surface area (Å²) in [6.07, 6.45) is 0. The molecule has 4 N–H and O–H groups in total. The summed E-state index contributed by atoms with van der Waals surface area (Å²) in [5.41, 5.74) is -3.17. The van der Waals surface area contributed by atoms with Gasteiger partial charge in [-0.1, -0.05) is 6.07 Å². The number of nitrogens with zero attached hydrogens (tertiary/aromatic N) is 4. The summed E-state index contributed by atoms with van der Waals surface area (Å²) in [6.45, 7) is 0. The van der Waals surface area contributed by atoms with Gasteiger partial charge in [-0.25, -0.2) is 30.1 Å². The first-order valence-electron chi connectivity index (χ1n) is 12.3. The van der Waals surface area contributed by atoms with Crippen LogP contribution in [0, 0.1) is 40.5 Å². The molecule has 4 aromatic rings. The van der Waals surface area contributed by atoms with Crippen LogP contribution < -0.4 is 0 Å². The van der Waals surface area contributed by atoms with E-state index in [1.807, 2.05) is 0 Å². The summed E-state index contributed by atoms with van der Waals surface area (Å²) in [5.74, 6) is -1.49. The zero-order valence-electron chi connectivity index (χ0n) is 24.2. The normalized spacial score (nSPS) is 9.36. The molecule has 264 valence electrons. The van der Waals surface area contributed by atoms with Gasteiger partial charge in [0.1, 0.15) is 23.0 Å². The molecule has 0 amide bonds. The van der Waals surface area contributed by atoms with E-state index >= 15 is 0 Å². The van der Waals surface area contributed by atoms with Crippen LogP contribution >= 0.6 is 65.7 Å². The Morgan fingerprint density at radius 2 is 0.900 bits per heavy atom. The van der Waals surface area contributed by atoms with E-state index in [2.05, 4.69) is 0 Å². The number of aromatic hydroxyl groups is 4. The number of ketones is 1. The zero-order chi connectivity index (χ0) is 37.6. The summed E-state index contributed by atoms with van der Waals surface area (Å²) in [4.78, 5) is 61.9. The minimum atomic E-state index is -1.72. The maximum atomic E-state index is 12.2. The molecule has 0 saturated heterocycles. The van der Waals surface area contributed by atoms with Crippen LogP contribution in [0.3, 0.4) is 0 Å². The highest BCUT2D eigenvalue weighted by Crippen LogP contribution is 2.29. The topological polar surface area (TPSA) is 288 Å². The lowest BCUT2D eigenvalue weighted by Gasteiger charge is -2.05. The lowest BCUT2D eigenvalue weighted by Crippen LogP contribution is -2.04. The SMILES string of the molecule is I.O=C(Cl)c1cc([N+](=O)[O-])cc([N+](=O)[O-])c1.O=C(c1cc([N+](=O)[O-])cc([N+](=O)[O-])c1)c1ccc(O)cc1O.Oc1cccc(O)c1.[Cl][Al]([Cl])[Cl]. The number of rotatable bonds is 7. The second kappa shape index (κ2) is 21.5. The van der Waals surface area contributed by atoms with Gasteiger partial charge in [0.05, 0.1) is 37.4 Å². The first-order valence-corrected chi connectivity index (χ1v) is 17.9. The molecule has 0 unspecified atom stereocenters. The molecule has 18 nitrogen and oxygen atoms in total. The first-order chi connectivity index (χ1) is 22.7. The van der Waals surface area contributed by atoms with Crippen molar-refractivity contribution in [3.63, 3.8) is 0 Å². The van der Waals surface area contributed by atoms with Crippen molar-refractivity contribution in [3.8, 4) is 23.0 Å². The Bertz CT molecular complexity index is 1770. The highest BCUT2D eigenvalue weighted by molar-refractivity contribution is 14.0. The van der Waals surface area contributed by atoms with Crippen molar-refractivity contribution < 1.29 is 49.7 Å². The second-order valence-electron chi connectivity index (χ2n) is 8.58. The third-order valence-corrected chi connectivity index (χ3v) is 5.41. The molecule has 24 heteroatoms. The van der Waals surface area contributed by atoms with E-state index < -0.39 is 70.6 Å². The smallest absolute Gasteiger partial charge is 0.508 e. The molecular formula is C26H18AlCl4IN4O14. The Kier molecular flexibility index (Phi) is 19.6. The van der Waals surface area contributed by atoms with Gasteiger partial charge in [-0.05, 0) is 35.9 Å². The fourth-order valence-corrected chi connectivity index (χ4v) is 3.33. The van der Waals surface area contributed by atoms with E-state index in [9.17, 15) is 60.3 Å². The van der Waals surface area contributed by atoms with Crippen molar-refractivity contribution in [1.29, 1.82) is 0 Å². The van der Waals surface area contributed by atoms with Crippen LogP contribution in [-0.2, 0) is 0 Å². The van der Waals surface area contributed by atoms with Crippen LogP contribution in [0.25, 0.3) is 0 Å². The standard InChI is InChI=1S/C13H8N2O7.C7H3ClN2O5.C6H6O2.Al.3ClH.HI/c16-10-1-2-11(12(17)6-10)13(18)7-3-8(14(19)20)5-9(4-7)15(21)22;8-7(11)4-1-5(9(12)13)3-6(2-4)10(14)15;7-5-2-1-3-6(8)4-5;;;;;/h1-6,16-17H;1-3H;1-4,7-8H;;4*1H/q;;;+3;;;;/p-3. The van der Waals surface area contributed by atoms with Gasteiger partial charge in [-0.2, -0.15) is 0 Å². The van der Waals surface area contributed by atoms with E-state index in [4.69, 9.17) is 52.0 Å². The van der Waals surface area contributed by atoms with Crippen LogP contribution in [0.1, 0.15) is 26.3 Å². The number of phenols is 4. The summed E-state index contributed by atoms with van der Waals surface area (Å²) in [6, 6.07) is 14.0. The number of hydrogen-bond acceptors (Lipinski definition) is 14. The second-order valence-corrected chi connectivity index (χ2v) is 15.4. The van der Waals surface area contributed by atoms with Crippen LogP contribution in [0.5, 0.6) is 23.0 Å². The van der Waals surface area contributed by atoms with Gasteiger partial charge in [-0.3, -0.25) is 50.0 Å². The monoisotopic (exact) mass is 904 g/mol. The fourth-order valence-electron chi connectivity index (χ4n) is 3.22. The minimum Gasteiger partial charge on any atom is -0.508 e. The van der Waals surface area contributed by atoms with Gasteiger partial charge < -0.3 is 20.4 Å². The Labute approximate surface area is 317 Å². The zero-order valence-corrected chi connectivity index (χ0v) is 30.7. The first kappa shape index (κ1) is 45.4. The van der Waals surface area contributed by atoms with Crippen LogP contribution in [-0.4, -0.2) is 62.5 Å². The van der Waals surface area contributed by atoms with Crippen molar-refractivity contribution in [2.75, 3.05) is 0 Å². The minimum absolute atomic E-state index is 0. The fraction of sp³-hybridized carbons (Fsp3) is 0. The molecule has 50 heavy (non-hydrogen) atoms. The molecule has 0 heterocycles. The number of non-ortho nitro benzene ring substituents is 4. The van der Waals surface area contributed by atoms with Crippen molar-refractivity contribution in [2.45, 2.75) is 0 Å². The van der Waals surface area contributed by atoms with E-state index in [0.29, 0.717) is 0 Å². The molecule has 0 saturated carbocycles. The van der Waals surface area contributed by atoms with Gasteiger partial charge in [0, 0.05) is 47.5 Å². The van der Waals surface area contributed by atoms with Crippen molar-refractivity contribution in [1.82, 2.24) is 0 Å². The van der Waals surface area contributed by atoms with Gasteiger partial charge >= 0.3 is 11.4 Å². The van der Waals surface area contributed by atoms with Crippen molar-refractivity contribution in [2.24, 2.45) is 0 Å². The van der Waals surface area contributed by atoms with Crippen LogP contribution in [0.4, 0.5) is 22.7 Å². The Hall–Kier alpha value is -4.56. The quantitative estimate of drug-likeness (QED) is 0.0350. The van der Waals surface area contributed by atoms with Crippen molar-refractivity contribution in [3.05, 3.63) is 136 Å². The largest absolute Gasteiger partial charge is 0.643 e. The number of halogens is 5. The number of carbonyl (C=O) groups is 2. The third kappa shape index (κ3) is 15.8. The molecule has 0 spiro atoms. The predicted octanol–water partition coefficient (Wildman–Crippen LogP) is 7.43. The molecule has 0 radical (unpaired) electrons. The average Bonchev–Trinajstić information content (AvgIpc) is 3.00. The Balaban J connectivity index is 0.000000738. The van der Waals surface area contributed by atoms with Gasteiger partial charge in [0.25, 0.3) is 28.0 Å². The maximum Gasteiger partial charge on any atom is 0.643 e. The molecule has 0 bridgehead atoms. The third-order valence-electron chi connectivity index (χ3n) is 5.19. The van der Waals surface area contributed by atoms with Crippen molar-refractivity contribution >= 4 is 111 Å². The number of hydrogen-bond donors (Lipinski definition) is 4. The van der Waals surface area contributed by atoms with Gasteiger partial charge in [0.15, 0.2) is 5.78 Å². The molecule has 0 aliphatic heterocycles. The molecule has 0 aromatic heterocycles. The highest BCUT2D eigenvalue weighted by atomic mass is 127. The molecule has 0 aliphatic rings. The van der Waals surface area contributed by atoms with Crippen LogP contribution in [0.15, 0.2) is 78.9 Å². The van der Waals surface area contributed by atoms with E-state index in [0.717, 1.165) is 54.6 Å². The van der Waals surface area contributed by atoms with Gasteiger partial charge in [-0.15, -0.1) is 24.0 Å². The highest BCUT2D eigenvalue weighted by Gasteiger charge is 2.22. The average molecular weight is 906 g/mol. The summed E-state index contributed by atoms with van der Waals surface area (Å²) in [5, 5.41) is 77.5. The summed E-state index contributed by atoms with van der Waals surface area (Å²) < 4.78 is 0.